The first kappa shape index (κ1) is 17.7. The Balaban J connectivity index is 1.63. The second-order valence-corrected chi connectivity index (χ2v) is 7.96. The van der Waals surface area contributed by atoms with E-state index in [2.05, 4.69) is 10.3 Å². The summed E-state index contributed by atoms with van der Waals surface area (Å²) in [6.07, 6.45) is 5.43. The monoisotopic (exact) mass is 382 g/mol. The number of nitrogens with two attached hydrogens (primary N) is 1. The maximum atomic E-state index is 12.4. The van der Waals surface area contributed by atoms with Crippen LogP contribution in [0.2, 0.25) is 0 Å². The minimum absolute atomic E-state index is 0.0468. The van der Waals surface area contributed by atoms with Crippen molar-refractivity contribution >= 4 is 33.3 Å². The SMILES string of the molecule is Nc1nc(=O)n(CC(=O)NCc2ccccc2)c2sc3c(c12)CCCCC3. The van der Waals surface area contributed by atoms with E-state index >= 15 is 0 Å². The Kier molecular flexibility index (Phi) is 4.94. The fourth-order valence-corrected chi connectivity index (χ4v) is 5.01. The van der Waals surface area contributed by atoms with Gasteiger partial charge in [-0.25, -0.2) is 4.79 Å². The number of hydrogen-bond acceptors (Lipinski definition) is 5. The fraction of sp³-hybridized carbons (Fsp3) is 0.350. The van der Waals surface area contributed by atoms with Crippen LogP contribution in [0.5, 0.6) is 0 Å². The van der Waals surface area contributed by atoms with E-state index in [-0.39, 0.29) is 18.3 Å². The quantitative estimate of drug-likeness (QED) is 0.679. The highest BCUT2D eigenvalue weighted by Crippen LogP contribution is 2.37. The standard InChI is InChI=1S/C20H22N4O2S/c21-18-17-14-9-5-2-6-10-15(14)27-19(17)24(20(26)23-18)12-16(25)22-11-13-7-3-1-4-8-13/h1,3-4,7-8H,2,5-6,9-12H2,(H,22,25)(H2,21,23,26). The average Bonchev–Trinajstić information content (AvgIpc) is 2.88. The van der Waals surface area contributed by atoms with Crippen LogP contribution in [0, 0.1) is 0 Å². The third-order valence-electron chi connectivity index (χ3n) is 4.99. The topological polar surface area (TPSA) is 90.0 Å². The lowest BCUT2D eigenvalue weighted by Gasteiger charge is -2.09. The number of aryl methyl sites for hydroxylation is 2. The van der Waals surface area contributed by atoms with Gasteiger partial charge in [0.15, 0.2) is 0 Å². The Morgan fingerprint density at radius 1 is 1.19 bits per heavy atom. The summed E-state index contributed by atoms with van der Waals surface area (Å²) in [6, 6.07) is 9.69. The number of nitrogens with zero attached hydrogens (tertiary/aromatic N) is 2. The molecule has 1 aliphatic rings. The van der Waals surface area contributed by atoms with E-state index in [0.717, 1.165) is 41.5 Å². The summed E-state index contributed by atoms with van der Waals surface area (Å²) in [7, 11) is 0. The van der Waals surface area contributed by atoms with Crippen LogP contribution in [0.1, 0.15) is 35.3 Å². The van der Waals surface area contributed by atoms with Crippen molar-refractivity contribution in [3.8, 4) is 0 Å². The van der Waals surface area contributed by atoms with E-state index in [1.54, 1.807) is 11.3 Å². The van der Waals surface area contributed by atoms with E-state index in [0.29, 0.717) is 6.54 Å². The van der Waals surface area contributed by atoms with Crippen molar-refractivity contribution in [3.63, 3.8) is 0 Å². The summed E-state index contributed by atoms with van der Waals surface area (Å²) >= 11 is 1.59. The molecule has 3 aromatic rings. The first-order chi connectivity index (χ1) is 13.1. The number of carbonyl (C=O) groups is 1. The number of nitrogens with one attached hydrogen (secondary N) is 1. The Labute approximate surface area is 161 Å². The Hall–Kier alpha value is -2.67. The second kappa shape index (κ2) is 7.52. The van der Waals surface area contributed by atoms with Crippen LogP contribution < -0.4 is 16.7 Å². The summed E-state index contributed by atoms with van der Waals surface area (Å²) in [6.45, 7) is 0.385. The number of benzene rings is 1. The number of aromatic nitrogens is 2. The first-order valence-corrected chi connectivity index (χ1v) is 10.1. The van der Waals surface area contributed by atoms with Crippen molar-refractivity contribution in [2.75, 3.05) is 5.73 Å². The van der Waals surface area contributed by atoms with E-state index in [4.69, 9.17) is 5.73 Å². The highest BCUT2D eigenvalue weighted by atomic mass is 32.1. The number of fused-ring (bicyclic) bond motifs is 3. The van der Waals surface area contributed by atoms with Gasteiger partial charge < -0.3 is 11.1 Å². The van der Waals surface area contributed by atoms with Gasteiger partial charge in [0, 0.05) is 11.4 Å². The summed E-state index contributed by atoms with van der Waals surface area (Å²) in [5, 5.41) is 3.74. The molecule has 7 heteroatoms. The van der Waals surface area contributed by atoms with Gasteiger partial charge in [0.1, 0.15) is 17.2 Å². The van der Waals surface area contributed by atoms with Crippen molar-refractivity contribution in [1.82, 2.24) is 14.9 Å². The molecule has 0 fully saturated rings. The number of amides is 1. The number of rotatable bonds is 4. The van der Waals surface area contributed by atoms with Gasteiger partial charge in [-0.1, -0.05) is 36.8 Å². The van der Waals surface area contributed by atoms with Crippen LogP contribution in [0.3, 0.4) is 0 Å². The zero-order valence-corrected chi connectivity index (χ0v) is 15.8. The van der Waals surface area contributed by atoms with Crippen LogP contribution in [0.4, 0.5) is 5.82 Å². The van der Waals surface area contributed by atoms with Gasteiger partial charge in [0.2, 0.25) is 5.91 Å². The minimum atomic E-state index is -0.466. The van der Waals surface area contributed by atoms with Crippen molar-refractivity contribution in [3.05, 3.63) is 56.8 Å². The molecule has 1 aromatic carbocycles. The summed E-state index contributed by atoms with van der Waals surface area (Å²) in [5.74, 6) is 0.0766. The largest absolute Gasteiger partial charge is 0.383 e. The predicted octanol–water partition coefficient (Wildman–Crippen LogP) is 2.63. The van der Waals surface area contributed by atoms with Gasteiger partial charge in [0.05, 0.1) is 5.39 Å². The molecule has 6 nitrogen and oxygen atoms in total. The van der Waals surface area contributed by atoms with E-state index in [1.807, 2.05) is 30.3 Å². The molecule has 0 saturated carbocycles. The molecule has 140 valence electrons. The van der Waals surface area contributed by atoms with E-state index in [9.17, 15) is 9.59 Å². The molecule has 0 radical (unpaired) electrons. The molecule has 2 heterocycles. The fourth-order valence-electron chi connectivity index (χ4n) is 3.62. The first-order valence-electron chi connectivity index (χ1n) is 9.24. The third-order valence-corrected chi connectivity index (χ3v) is 6.30. The van der Waals surface area contributed by atoms with Gasteiger partial charge in [0.25, 0.3) is 0 Å². The number of carbonyl (C=O) groups excluding carboxylic acids is 1. The van der Waals surface area contributed by atoms with Crippen LogP contribution in [0.15, 0.2) is 35.1 Å². The number of hydrogen-bond donors (Lipinski definition) is 2. The van der Waals surface area contributed by atoms with Gasteiger partial charge in [-0.05, 0) is 36.8 Å². The lowest BCUT2D eigenvalue weighted by molar-refractivity contribution is -0.121. The molecule has 27 heavy (non-hydrogen) atoms. The zero-order chi connectivity index (χ0) is 18.8. The van der Waals surface area contributed by atoms with Crippen molar-refractivity contribution < 1.29 is 4.79 Å². The molecule has 1 amide bonds. The van der Waals surface area contributed by atoms with Crippen molar-refractivity contribution in [1.29, 1.82) is 0 Å². The minimum Gasteiger partial charge on any atom is -0.383 e. The van der Waals surface area contributed by atoms with Gasteiger partial charge in [-0.3, -0.25) is 9.36 Å². The molecular weight excluding hydrogens is 360 g/mol. The molecular formula is C20H22N4O2S. The van der Waals surface area contributed by atoms with Crippen LogP contribution in [-0.2, 0) is 30.7 Å². The van der Waals surface area contributed by atoms with Crippen LogP contribution >= 0.6 is 11.3 Å². The average molecular weight is 382 g/mol. The summed E-state index contributed by atoms with van der Waals surface area (Å²) < 4.78 is 1.46. The number of anilines is 1. The zero-order valence-electron chi connectivity index (χ0n) is 15.0. The van der Waals surface area contributed by atoms with Gasteiger partial charge in [-0.2, -0.15) is 4.98 Å². The summed E-state index contributed by atoms with van der Waals surface area (Å²) in [5.41, 5.74) is 7.86. The van der Waals surface area contributed by atoms with Crippen molar-refractivity contribution in [2.24, 2.45) is 0 Å². The second-order valence-electron chi connectivity index (χ2n) is 6.87. The number of thiophene rings is 1. The highest BCUT2D eigenvalue weighted by molar-refractivity contribution is 7.19. The van der Waals surface area contributed by atoms with Crippen molar-refractivity contribution in [2.45, 2.75) is 45.2 Å². The van der Waals surface area contributed by atoms with E-state index < -0.39 is 5.69 Å². The van der Waals surface area contributed by atoms with Gasteiger partial charge >= 0.3 is 5.69 Å². The maximum absolute atomic E-state index is 12.4. The molecule has 3 N–H and O–H groups in total. The number of nitrogen functional groups attached to an aromatic ring is 1. The molecule has 2 aromatic heterocycles. The molecule has 0 atom stereocenters. The lowest BCUT2D eigenvalue weighted by Crippen LogP contribution is -2.33. The molecule has 0 spiro atoms. The van der Waals surface area contributed by atoms with Crippen LogP contribution in [-0.4, -0.2) is 15.5 Å². The Morgan fingerprint density at radius 3 is 2.78 bits per heavy atom. The molecule has 1 aliphatic carbocycles. The molecule has 0 bridgehead atoms. The highest BCUT2D eigenvalue weighted by Gasteiger charge is 2.21. The Morgan fingerprint density at radius 2 is 1.96 bits per heavy atom. The third kappa shape index (κ3) is 3.60. The molecule has 4 rings (SSSR count). The molecule has 0 unspecified atom stereocenters. The maximum Gasteiger partial charge on any atom is 0.351 e. The predicted molar refractivity (Wildman–Crippen MR) is 108 cm³/mol. The summed E-state index contributed by atoms with van der Waals surface area (Å²) in [4.78, 5) is 30.9. The lowest BCUT2D eigenvalue weighted by atomic mass is 10.1. The normalized spacial score (nSPS) is 13.9. The van der Waals surface area contributed by atoms with Crippen LogP contribution in [0.25, 0.3) is 10.2 Å². The molecule has 0 saturated heterocycles. The Bertz CT molecular complexity index is 1040. The smallest absolute Gasteiger partial charge is 0.351 e. The van der Waals surface area contributed by atoms with E-state index in [1.165, 1.54) is 21.4 Å². The van der Waals surface area contributed by atoms with Gasteiger partial charge in [-0.15, -0.1) is 11.3 Å². The molecule has 0 aliphatic heterocycles.